The summed E-state index contributed by atoms with van der Waals surface area (Å²) in [5, 5.41) is 0. The molecule has 27 heavy (non-hydrogen) atoms. The highest BCUT2D eigenvalue weighted by molar-refractivity contribution is 6.30. The van der Waals surface area contributed by atoms with E-state index in [4.69, 9.17) is 4.74 Å². The molecule has 0 spiro atoms. The van der Waals surface area contributed by atoms with E-state index < -0.39 is 17.8 Å². The van der Waals surface area contributed by atoms with Crippen molar-refractivity contribution < 1.29 is 14.3 Å². The zero-order chi connectivity index (χ0) is 19.1. The van der Waals surface area contributed by atoms with E-state index in [1.165, 1.54) is 0 Å². The number of Topliss-reactive ketones (excluding diaryl/α,β-unsaturated/α-hetero) is 1. The Balaban J connectivity index is 1.93. The first-order chi connectivity index (χ1) is 13.0. The molecule has 0 saturated heterocycles. The molecule has 1 aliphatic carbocycles. The summed E-state index contributed by atoms with van der Waals surface area (Å²) in [5.74, 6) is -1.26. The van der Waals surface area contributed by atoms with Crippen LogP contribution in [0.25, 0.3) is 0 Å². The van der Waals surface area contributed by atoms with Gasteiger partial charge in [0.05, 0.1) is 23.8 Å². The number of allylic oxidation sites excluding steroid dienone is 1. The molecule has 2 aromatic carbocycles. The minimum absolute atomic E-state index is 0.0178. The number of aryl methyl sites for hydroxylation is 1. The van der Waals surface area contributed by atoms with Gasteiger partial charge in [0, 0.05) is 22.7 Å². The number of esters is 1. The number of carbonyl (C=O) groups is 2. The van der Waals surface area contributed by atoms with Crippen molar-refractivity contribution in [3.8, 4) is 0 Å². The van der Waals surface area contributed by atoms with Crippen LogP contribution in [0.1, 0.15) is 46.8 Å². The Hall–Kier alpha value is -3.01. The molecule has 0 amide bonds. The lowest BCUT2D eigenvalue weighted by molar-refractivity contribution is -0.139. The molecule has 0 unspecified atom stereocenters. The van der Waals surface area contributed by atoms with Gasteiger partial charge in [0.15, 0.2) is 5.78 Å². The van der Waals surface area contributed by atoms with E-state index in [0.717, 1.165) is 22.4 Å². The molecule has 4 rings (SSSR count). The van der Waals surface area contributed by atoms with Gasteiger partial charge < -0.3 is 4.74 Å². The molecular weight excluding hydrogens is 338 g/mol. The molecule has 4 heteroatoms. The summed E-state index contributed by atoms with van der Waals surface area (Å²) in [5.41, 5.74) is 5.46. The molecule has 0 bridgehead atoms. The van der Waals surface area contributed by atoms with E-state index in [2.05, 4.69) is 4.99 Å². The summed E-state index contributed by atoms with van der Waals surface area (Å²) in [6.07, 6.45) is 0. The summed E-state index contributed by atoms with van der Waals surface area (Å²) in [6, 6.07) is 15.5. The highest BCUT2D eigenvalue weighted by Crippen LogP contribution is 2.45. The molecule has 0 aromatic heterocycles. The first-order valence-electron chi connectivity index (χ1n) is 9.19. The maximum atomic E-state index is 13.3. The van der Waals surface area contributed by atoms with Crippen LogP contribution in [0.5, 0.6) is 0 Å². The van der Waals surface area contributed by atoms with Gasteiger partial charge in [-0.25, -0.2) is 4.79 Å². The second-order valence-corrected chi connectivity index (χ2v) is 6.99. The summed E-state index contributed by atoms with van der Waals surface area (Å²) >= 11 is 0. The van der Waals surface area contributed by atoms with Crippen molar-refractivity contribution in [2.75, 3.05) is 6.61 Å². The van der Waals surface area contributed by atoms with Crippen LogP contribution in [0.2, 0.25) is 0 Å². The van der Waals surface area contributed by atoms with Crippen LogP contribution in [0.3, 0.4) is 0 Å². The van der Waals surface area contributed by atoms with Gasteiger partial charge in [0.25, 0.3) is 0 Å². The Kier molecular flexibility index (Phi) is 4.27. The summed E-state index contributed by atoms with van der Waals surface area (Å²) in [7, 11) is 0. The summed E-state index contributed by atoms with van der Waals surface area (Å²) < 4.78 is 5.31. The molecule has 0 saturated carbocycles. The van der Waals surface area contributed by atoms with Crippen LogP contribution >= 0.6 is 0 Å². The molecular formula is C23H21NO3. The predicted molar refractivity (Wildman–Crippen MR) is 104 cm³/mol. The molecule has 2 atom stereocenters. The van der Waals surface area contributed by atoms with Gasteiger partial charge in [-0.15, -0.1) is 0 Å². The monoisotopic (exact) mass is 359 g/mol. The lowest BCUT2D eigenvalue weighted by Crippen LogP contribution is -2.32. The zero-order valence-corrected chi connectivity index (χ0v) is 15.7. The maximum absolute atomic E-state index is 13.3. The van der Waals surface area contributed by atoms with Crippen molar-refractivity contribution in [2.45, 2.75) is 26.7 Å². The third-order valence-electron chi connectivity index (χ3n) is 5.30. The number of aliphatic imine (C=N–C) groups is 1. The SMILES string of the molecule is CCOC(=O)C1=C(C)N=C2c3ccccc3C(=O)[C@H]2[C@@H]1c1ccc(C)cc1. The van der Waals surface area contributed by atoms with Crippen LogP contribution < -0.4 is 0 Å². The number of carbonyl (C=O) groups excluding carboxylic acids is 2. The van der Waals surface area contributed by atoms with E-state index in [0.29, 0.717) is 16.8 Å². The largest absolute Gasteiger partial charge is 0.463 e. The summed E-state index contributed by atoms with van der Waals surface area (Å²) in [4.78, 5) is 30.7. The average molecular weight is 359 g/mol. The minimum atomic E-state index is -0.492. The van der Waals surface area contributed by atoms with Crippen LogP contribution in [-0.4, -0.2) is 24.1 Å². The zero-order valence-electron chi connectivity index (χ0n) is 15.7. The van der Waals surface area contributed by atoms with Gasteiger partial charge in [-0.1, -0.05) is 54.1 Å². The highest BCUT2D eigenvalue weighted by atomic mass is 16.5. The van der Waals surface area contributed by atoms with Crippen LogP contribution in [-0.2, 0) is 9.53 Å². The first kappa shape index (κ1) is 17.4. The van der Waals surface area contributed by atoms with Gasteiger partial charge in [0.2, 0.25) is 0 Å². The average Bonchev–Trinajstić information content (AvgIpc) is 2.94. The normalized spacial score (nSPS) is 20.9. The van der Waals surface area contributed by atoms with Gasteiger partial charge in [-0.2, -0.15) is 0 Å². The number of rotatable bonds is 3. The molecule has 1 aliphatic heterocycles. The molecule has 1 heterocycles. The second-order valence-electron chi connectivity index (χ2n) is 6.99. The molecule has 2 aliphatic rings. The number of benzene rings is 2. The topological polar surface area (TPSA) is 55.7 Å². The van der Waals surface area contributed by atoms with Crippen LogP contribution in [0.15, 0.2) is 64.8 Å². The van der Waals surface area contributed by atoms with Crippen molar-refractivity contribution >= 4 is 17.5 Å². The Labute approximate surface area is 158 Å². The Morgan fingerprint density at radius 3 is 2.33 bits per heavy atom. The number of ketones is 1. The van der Waals surface area contributed by atoms with E-state index in [9.17, 15) is 9.59 Å². The third-order valence-corrected chi connectivity index (χ3v) is 5.30. The van der Waals surface area contributed by atoms with E-state index >= 15 is 0 Å². The van der Waals surface area contributed by atoms with E-state index in [1.807, 2.05) is 62.4 Å². The maximum Gasteiger partial charge on any atom is 0.336 e. The molecule has 2 aromatic rings. The Morgan fingerprint density at radius 2 is 1.67 bits per heavy atom. The van der Waals surface area contributed by atoms with Crippen molar-refractivity contribution in [3.05, 3.63) is 82.1 Å². The van der Waals surface area contributed by atoms with E-state index in [1.54, 1.807) is 6.92 Å². The van der Waals surface area contributed by atoms with Crippen molar-refractivity contribution in [1.29, 1.82) is 0 Å². The standard InChI is InChI=1S/C23H21NO3/c1-4-27-23(26)18-14(3)24-21-16-7-5-6-8-17(16)22(25)20(21)19(18)15-11-9-13(2)10-12-15/h5-12,19-20H,4H2,1-3H3/t19-,20+/m1/s1. The van der Waals surface area contributed by atoms with Gasteiger partial charge in [0.1, 0.15) is 0 Å². The number of ether oxygens (including phenoxy) is 1. The molecule has 0 radical (unpaired) electrons. The quantitative estimate of drug-likeness (QED) is 0.771. The number of fused-ring (bicyclic) bond motifs is 3. The Bertz CT molecular complexity index is 999. The van der Waals surface area contributed by atoms with Gasteiger partial charge >= 0.3 is 5.97 Å². The predicted octanol–water partition coefficient (Wildman–Crippen LogP) is 4.23. The number of hydrogen-bond acceptors (Lipinski definition) is 4. The van der Waals surface area contributed by atoms with Crippen molar-refractivity contribution in [2.24, 2.45) is 10.9 Å². The Morgan fingerprint density at radius 1 is 1.00 bits per heavy atom. The molecule has 0 N–H and O–H groups in total. The molecule has 4 nitrogen and oxygen atoms in total. The fraction of sp³-hybridized carbons (Fsp3) is 0.261. The van der Waals surface area contributed by atoms with Crippen LogP contribution in [0.4, 0.5) is 0 Å². The third kappa shape index (κ3) is 2.72. The van der Waals surface area contributed by atoms with E-state index in [-0.39, 0.29) is 12.4 Å². The molecule has 0 fully saturated rings. The van der Waals surface area contributed by atoms with Crippen LogP contribution in [0, 0.1) is 12.8 Å². The van der Waals surface area contributed by atoms with Crippen molar-refractivity contribution in [1.82, 2.24) is 0 Å². The lowest BCUT2D eigenvalue weighted by Gasteiger charge is -2.30. The van der Waals surface area contributed by atoms with Gasteiger partial charge in [-0.05, 0) is 26.3 Å². The second kappa shape index (κ2) is 6.62. The molecule has 136 valence electrons. The lowest BCUT2D eigenvalue weighted by atomic mass is 9.75. The minimum Gasteiger partial charge on any atom is -0.463 e. The number of nitrogens with zero attached hydrogens (tertiary/aromatic N) is 1. The smallest absolute Gasteiger partial charge is 0.336 e. The van der Waals surface area contributed by atoms with Crippen molar-refractivity contribution in [3.63, 3.8) is 0 Å². The summed E-state index contributed by atoms with van der Waals surface area (Å²) in [6.45, 7) is 5.90. The fourth-order valence-electron chi connectivity index (χ4n) is 4.07. The number of hydrogen-bond donors (Lipinski definition) is 0. The highest BCUT2D eigenvalue weighted by Gasteiger charge is 2.47. The van der Waals surface area contributed by atoms with Gasteiger partial charge in [-0.3, -0.25) is 9.79 Å². The first-order valence-corrected chi connectivity index (χ1v) is 9.19. The fourth-order valence-corrected chi connectivity index (χ4v) is 4.07.